The Labute approximate surface area is 151 Å². The maximum atomic E-state index is 12.7. The van der Waals surface area contributed by atoms with E-state index in [9.17, 15) is 18.4 Å². The number of rotatable bonds is 2. The molecule has 0 atom stereocenters. The minimum absolute atomic E-state index is 0.201. The Morgan fingerprint density at radius 3 is 2.33 bits per heavy atom. The highest BCUT2D eigenvalue weighted by Crippen LogP contribution is 2.32. The molecule has 0 saturated carbocycles. The summed E-state index contributed by atoms with van der Waals surface area (Å²) in [4.78, 5) is 0. The molecule has 0 unspecified atom stereocenters. The van der Waals surface area contributed by atoms with E-state index < -0.39 is 11.7 Å². The van der Waals surface area contributed by atoms with Crippen molar-refractivity contribution >= 4 is 33.6 Å². The van der Waals surface area contributed by atoms with Gasteiger partial charge in [-0.2, -0.15) is 18.4 Å². The number of nitrogens with two attached hydrogens (primary N) is 1. The van der Waals surface area contributed by atoms with Gasteiger partial charge in [0.1, 0.15) is 17.5 Å². The van der Waals surface area contributed by atoms with E-state index in [1.54, 1.807) is 12.1 Å². The largest absolute Gasteiger partial charge is 0.416 e. The van der Waals surface area contributed by atoms with Crippen molar-refractivity contribution in [3.05, 3.63) is 65.7 Å². The lowest BCUT2D eigenvalue weighted by atomic mass is 10.1. The molecule has 0 bridgehead atoms. The molecular weight excluding hydrogens is 355 g/mol. The fourth-order valence-corrected chi connectivity index (χ4v) is 2.99. The molecular formula is C19H12F3N5. The van der Waals surface area contributed by atoms with Crippen molar-refractivity contribution in [3.8, 4) is 6.07 Å². The monoisotopic (exact) mass is 367 g/mol. The van der Waals surface area contributed by atoms with Gasteiger partial charge in [0.15, 0.2) is 5.82 Å². The minimum atomic E-state index is -4.39. The van der Waals surface area contributed by atoms with E-state index in [2.05, 4.69) is 16.5 Å². The summed E-state index contributed by atoms with van der Waals surface area (Å²) in [5.41, 5.74) is 6.84. The van der Waals surface area contributed by atoms with Crippen molar-refractivity contribution in [2.75, 3.05) is 11.1 Å². The molecule has 0 aliphatic carbocycles. The number of hydrogen-bond donors (Lipinski definition) is 2. The molecule has 2 heterocycles. The second kappa shape index (κ2) is 5.92. The number of nitrogens with one attached hydrogen (secondary N) is 1. The number of fused-ring (bicyclic) bond motifs is 3. The fourth-order valence-electron chi connectivity index (χ4n) is 2.99. The van der Waals surface area contributed by atoms with Crippen LogP contribution in [0.25, 0.3) is 16.3 Å². The van der Waals surface area contributed by atoms with Crippen LogP contribution in [-0.4, -0.2) is 9.61 Å². The number of alkyl halides is 3. The maximum Gasteiger partial charge on any atom is 0.416 e. The number of nitrogen functional groups attached to an aromatic ring is 1. The van der Waals surface area contributed by atoms with Crippen LogP contribution >= 0.6 is 0 Å². The van der Waals surface area contributed by atoms with Crippen LogP contribution in [0.4, 0.5) is 30.5 Å². The van der Waals surface area contributed by atoms with Crippen molar-refractivity contribution in [1.82, 2.24) is 9.61 Å². The lowest BCUT2D eigenvalue weighted by Gasteiger charge is -2.08. The van der Waals surface area contributed by atoms with Crippen LogP contribution < -0.4 is 11.1 Å². The molecule has 3 N–H and O–H groups in total. The zero-order valence-corrected chi connectivity index (χ0v) is 13.7. The van der Waals surface area contributed by atoms with Gasteiger partial charge in [0.2, 0.25) is 0 Å². The van der Waals surface area contributed by atoms with Gasteiger partial charge in [-0.3, -0.25) is 0 Å². The zero-order valence-electron chi connectivity index (χ0n) is 13.7. The van der Waals surface area contributed by atoms with Crippen molar-refractivity contribution < 1.29 is 13.2 Å². The van der Waals surface area contributed by atoms with E-state index in [1.165, 1.54) is 16.6 Å². The number of nitriles is 1. The van der Waals surface area contributed by atoms with Crippen LogP contribution in [0.5, 0.6) is 0 Å². The molecule has 0 radical (unpaired) electrons. The molecule has 0 saturated heterocycles. The van der Waals surface area contributed by atoms with Gasteiger partial charge < -0.3 is 11.1 Å². The SMILES string of the molecule is N#Cc1c(N)n2nc(Nc3ccc(C(F)(F)F)cc3)cc2c2ccccc12. The number of aromatic nitrogens is 2. The topological polar surface area (TPSA) is 79.1 Å². The highest BCUT2D eigenvalue weighted by molar-refractivity contribution is 6.02. The molecule has 4 aromatic rings. The van der Waals surface area contributed by atoms with E-state index in [0.29, 0.717) is 28.0 Å². The Morgan fingerprint density at radius 2 is 1.70 bits per heavy atom. The molecule has 2 aromatic carbocycles. The minimum Gasteiger partial charge on any atom is -0.383 e. The molecule has 0 amide bonds. The fraction of sp³-hybridized carbons (Fsp3) is 0.0526. The van der Waals surface area contributed by atoms with Crippen LogP contribution in [0.2, 0.25) is 0 Å². The number of pyridine rings is 1. The number of hydrogen-bond acceptors (Lipinski definition) is 4. The summed E-state index contributed by atoms with van der Waals surface area (Å²) in [5.74, 6) is 0.605. The Hall–Kier alpha value is -3.73. The van der Waals surface area contributed by atoms with Gasteiger partial charge in [0, 0.05) is 22.5 Å². The lowest BCUT2D eigenvalue weighted by molar-refractivity contribution is -0.137. The predicted molar refractivity (Wildman–Crippen MR) is 96.6 cm³/mol. The van der Waals surface area contributed by atoms with Gasteiger partial charge in [0.05, 0.1) is 11.1 Å². The standard InChI is InChI=1S/C19H12F3N5/c20-19(21,22)11-5-7-12(8-6-11)25-17-9-16-14-4-2-1-3-13(14)15(10-23)18(24)27(16)26-17/h1-9H,24H2,(H,25,26). The first-order chi connectivity index (χ1) is 12.9. The molecule has 0 aliphatic rings. The molecule has 2 aromatic heterocycles. The van der Waals surface area contributed by atoms with Crippen LogP contribution in [0.15, 0.2) is 54.6 Å². The molecule has 134 valence electrons. The highest BCUT2D eigenvalue weighted by atomic mass is 19.4. The van der Waals surface area contributed by atoms with Crippen LogP contribution in [0.3, 0.4) is 0 Å². The van der Waals surface area contributed by atoms with E-state index in [1.807, 2.05) is 18.2 Å². The third kappa shape index (κ3) is 2.79. The third-order valence-corrected chi connectivity index (χ3v) is 4.26. The van der Waals surface area contributed by atoms with Gasteiger partial charge in [0.25, 0.3) is 0 Å². The van der Waals surface area contributed by atoms with Crippen molar-refractivity contribution in [3.63, 3.8) is 0 Å². The summed E-state index contributed by atoms with van der Waals surface area (Å²) in [7, 11) is 0. The van der Waals surface area contributed by atoms with E-state index in [4.69, 9.17) is 5.73 Å². The van der Waals surface area contributed by atoms with Gasteiger partial charge in [-0.15, -0.1) is 5.10 Å². The molecule has 0 aliphatic heterocycles. The summed E-state index contributed by atoms with van der Waals surface area (Å²) >= 11 is 0. The average Bonchev–Trinajstić information content (AvgIpc) is 3.06. The van der Waals surface area contributed by atoms with E-state index >= 15 is 0 Å². The van der Waals surface area contributed by atoms with Crippen LogP contribution in [0.1, 0.15) is 11.1 Å². The second-order valence-corrected chi connectivity index (χ2v) is 5.94. The van der Waals surface area contributed by atoms with Crippen LogP contribution in [-0.2, 0) is 6.18 Å². The van der Waals surface area contributed by atoms with Crippen molar-refractivity contribution in [1.29, 1.82) is 5.26 Å². The van der Waals surface area contributed by atoms with Gasteiger partial charge in [-0.25, -0.2) is 4.52 Å². The molecule has 8 heteroatoms. The third-order valence-electron chi connectivity index (χ3n) is 4.26. The van der Waals surface area contributed by atoms with Gasteiger partial charge in [-0.1, -0.05) is 24.3 Å². The summed E-state index contributed by atoms with van der Waals surface area (Å²) < 4.78 is 39.5. The zero-order chi connectivity index (χ0) is 19.2. The van der Waals surface area contributed by atoms with Crippen LogP contribution in [0, 0.1) is 11.3 Å². The van der Waals surface area contributed by atoms with E-state index in [0.717, 1.165) is 17.5 Å². The summed E-state index contributed by atoms with van der Waals surface area (Å²) in [6.07, 6.45) is -4.39. The number of halogens is 3. The first kappa shape index (κ1) is 16.7. The molecule has 0 fully saturated rings. The Morgan fingerprint density at radius 1 is 1.04 bits per heavy atom. The number of nitrogens with zero attached hydrogens (tertiary/aromatic N) is 3. The first-order valence-corrected chi connectivity index (χ1v) is 7.93. The quantitative estimate of drug-likeness (QED) is 0.538. The Kier molecular flexibility index (Phi) is 3.66. The normalized spacial score (nSPS) is 11.6. The first-order valence-electron chi connectivity index (χ1n) is 7.93. The second-order valence-electron chi connectivity index (χ2n) is 5.94. The molecule has 27 heavy (non-hydrogen) atoms. The summed E-state index contributed by atoms with van der Waals surface area (Å²) in [5, 5.41) is 18.3. The smallest absolute Gasteiger partial charge is 0.383 e. The van der Waals surface area contributed by atoms with Gasteiger partial charge >= 0.3 is 6.18 Å². The van der Waals surface area contributed by atoms with E-state index in [-0.39, 0.29) is 5.82 Å². The Balaban J connectivity index is 1.79. The summed E-state index contributed by atoms with van der Waals surface area (Å²) in [6.45, 7) is 0. The maximum absolute atomic E-state index is 12.7. The van der Waals surface area contributed by atoms with Crippen molar-refractivity contribution in [2.45, 2.75) is 6.18 Å². The average molecular weight is 367 g/mol. The number of benzene rings is 2. The van der Waals surface area contributed by atoms with Crippen molar-refractivity contribution in [2.24, 2.45) is 0 Å². The highest BCUT2D eigenvalue weighted by Gasteiger charge is 2.29. The molecule has 0 spiro atoms. The Bertz CT molecular complexity index is 1200. The number of anilines is 3. The molecule has 5 nitrogen and oxygen atoms in total. The lowest BCUT2D eigenvalue weighted by Crippen LogP contribution is -2.04. The summed E-state index contributed by atoms with van der Waals surface area (Å²) in [6, 6.07) is 15.8. The van der Waals surface area contributed by atoms with Gasteiger partial charge in [-0.05, 0) is 24.3 Å². The predicted octanol–water partition coefficient (Wildman–Crippen LogP) is 4.70. The molecule has 4 rings (SSSR count).